The summed E-state index contributed by atoms with van der Waals surface area (Å²) in [5.41, 5.74) is 1.58. The molecule has 0 radical (unpaired) electrons. The Bertz CT molecular complexity index is 683. The molecule has 0 saturated carbocycles. The Labute approximate surface area is 148 Å². The van der Waals surface area contributed by atoms with Crippen molar-refractivity contribution in [3.63, 3.8) is 0 Å². The van der Waals surface area contributed by atoms with Crippen LogP contribution >= 0.6 is 0 Å². The average Bonchev–Trinajstić information content (AvgIpc) is 2.88. The van der Waals surface area contributed by atoms with Crippen molar-refractivity contribution in [2.24, 2.45) is 0 Å². The Morgan fingerprint density at radius 3 is 2.84 bits per heavy atom. The summed E-state index contributed by atoms with van der Waals surface area (Å²) in [5.74, 6) is 0.787. The van der Waals surface area contributed by atoms with Crippen molar-refractivity contribution in [1.82, 2.24) is 10.1 Å². The van der Waals surface area contributed by atoms with Crippen LogP contribution in [0.5, 0.6) is 0 Å². The molecule has 1 aromatic heterocycles. The lowest BCUT2D eigenvalue weighted by Crippen LogP contribution is -2.41. The number of aromatic nitrogens is 1. The predicted molar refractivity (Wildman–Crippen MR) is 94.9 cm³/mol. The second kappa shape index (κ2) is 8.30. The van der Waals surface area contributed by atoms with Crippen LogP contribution in [-0.2, 0) is 11.2 Å². The Morgan fingerprint density at radius 1 is 1.32 bits per heavy atom. The van der Waals surface area contributed by atoms with Gasteiger partial charge in [0.15, 0.2) is 0 Å². The van der Waals surface area contributed by atoms with Crippen molar-refractivity contribution in [1.29, 1.82) is 0 Å². The van der Waals surface area contributed by atoms with Gasteiger partial charge in [0, 0.05) is 18.7 Å². The predicted octanol–water partition coefficient (Wildman–Crippen LogP) is 3.42. The first-order valence-corrected chi connectivity index (χ1v) is 9.08. The fourth-order valence-electron chi connectivity index (χ4n) is 3.58. The van der Waals surface area contributed by atoms with Crippen LogP contribution in [0.25, 0.3) is 0 Å². The summed E-state index contributed by atoms with van der Waals surface area (Å²) in [7, 11) is 0. The van der Waals surface area contributed by atoms with Gasteiger partial charge < -0.3 is 14.5 Å². The Hall–Kier alpha value is -2.14. The fourth-order valence-corrected chi connectivity index (χ4v) is 3.58. The molecular formula is C20H26N2O3. The average molecular weight is 342 g/mol. The number of carbonyl (C=O) groups is 1. The highest BCUT2D eigenvalue weighted by atomic mass is 16.5. The van der Waals surface area contributed by atoms with Gasteiger partial charge in [-0.25, -0.2) is 0 Å². The highest BCUT2D eigenvalue weighted by Crippen LogP contribution is 2.27. The van der Waals surface area contributed by atoms with Crippen molar-refractivity contribution in [2.75, 3.05) is 6.54 Å². The van der Waals surface area contributed by atoms with E-state index in [9.17, 15) is 9.90 Å². The van der Waals surface area contributed by atoms with Gasteiger partial charge in [-0.15, -0.1) is 0 Å². The number of carbonyl (C=O) groups excluding carboxylic acids is 1. The quantitative estimate of drug-likeness (QED) is 0.904. The molecule has 1 N–H and O–H groups in total. The molecule has 0 spiro atoms. The van der Waals surface area contributed by atoms with E-state index in [1.54, 1.807) is 0 Å². The minimum Gasteiger partial charge on any atom is -0.388 e. The van der Waals surface area contributed by atoms with Gasteiger partial charge in [-0.1, -0.05) is 48.3 Å². The van der Waals surface area contributed by atoms with Gasteiger partial charge in [0.1, 0.15) is 5.76 Å². The van der Waals surface area contributed by atoms with Crippen molar-refractivity contribution >= 4 is 5.91 Å². The number of nitrogens with zero attached hydrogens (tertiary/aromatic N) is 2. The Morgan fingerprint density at radius 2 is 2.12 bits per heavy atom. The molecule has 1 fully saturated rings. The van der Waals surface area contributed by atoms with Gasteiger partial charge in [0.05, 0.1) is 18.2 Å². The van der Waals surface area contributed by atoms with E-state index in [4.69, 9.17) is 4.52 Å². The van der Waals surface area contributed by atoms with E-state index in [0.29, 0.717) is 12.1 Å². The van der Waals surface area contributed by atoms with Gasteiger partial charge in [-0.2, -0.15) is 0 Å². The highest BCUT2D eigenvalue weighted by Gasteiger charge is 2.28. The summed E-state index contributed by atoms with van der Waals surface area (Å²) in [6.45, 7) is 2.58. The zero-order chi connectivity index (χ0) is 17.6. The molecule has 3 rings (SSSR count). The lowest BCUT2D eigenvalue weighted by atomic mass is 9.98. The molecule has 2 atom stereocenters. The van der Waals surface area contributed by atoms with Gasteiger partial charge in [0.25, 0.3) is 0 Å². The summed E-state index contributed by atoms with van der Waals surface area (Å²) >= 11 is 0. The number of hydrogen-bond donors (Lipinski definition) is 1. The van der Waals surface area contributed by atoms with Crippen LogP contribution < -0.4 is 0 Å². The highest BCUT2D eigenvalue weighted by molar-refractivity contribution is 5.78. The van der Waals surface area contributed by atoms with E-state index in [1.165, 1.54) is 0 Å². The number of benzene rings is 1. The molecule has 2 aromatic rings. The molecule has 1 aliphatic rings. The summed E-state index contributed by atoms with van der Waals surface area (Å²) < 4.78 is 5.07. The molecule has 2 heterocycles. The maximum Gasteiger partial charge on any atom is 0.228 e. The molecule has 5 heteroatoms. The van der Waals surface area contributed by atoms with Gasteiger partial charge in [-0.3, -0.25) is 4.79 Å². The third-order valence-electron chi connectivity index (χ3n) is 4.89. The SMILES string of the molecule is Cc1cc(CC(=O)N2CCCCCC2CC(O)c2ccccc2)no1. The van der Waals surface area contributed by atoms with E-state index in [1.807, 2.05) is 48.2 Å². The molecule has 1 amide bonds. The summed E-state index contributed by atoms with van der Waals surface area (Å²) in [5, 5.41) is 14.5. The standard InChI is InChI=1S/C20H26N2O3/c1-15-12-17(21-25-15)13-20(24)22-11-7-3-6-10-18(22)14-19(23)16-8-4-2-5-9-16/h2,4-5,8-9,12,18-19,23H,3,6-7,10-11,13-14H2,1H3. The maximum atomic E-state index is 12.8. The van der Waals surface area contributed by atoms with Crippen molar-refractivity contribution in [2.45, 2.75) is 57.6 Å². The first-order chi connectivity index (χ1) is 12.1. The minimum atomic E-state index is -0.547. The molecule has 134 valence electrons. The lowest BCUT2D eigenvalue weighted by Gasteiger charge is -2.31. The molecule has 1 aromatic carbocycles. The van der Waals surface area contributed by atoms with Crippen LogP contribution in [0.3, 0.4) is 0 Å². The van der Waals surface area contributed by atoms with Crippen LogP contribution in [0.2, 0.25) is 0 Å². The zero-order valence-electron chi connectivity index (χ0n) is 14.7. The first-order valence-electron chi connectivity index (χ1n) is 9.08. The lowest BCUT2D eigenvalue weighted by molar-refractivity contribution is -0.133. The smallest absolute Gasteiger partial charge is 0.228 e. The van der Waals surface area contributed by atoms with Crippen LogP contribution in [0.4, 0.5) is 0 Å². The van der Waals surface area contributed by atoms with E-state index in [2.05, 4.69) is 5.16 Å². The summed E-state index contributed by atoms with van der Waals surface area (Å²) in [6, 6.07) is 11.6. The molecule has 25 heavy (non-hydrogen) atoms. The topological polar surface area (TPSA) is 66.6 Å². The van der Waals surface area contributed by atoms with E-state index < -0.39 is 6.10 Å². The Balaban J connectivity index is 1.69. The number of aliphatic hydroxyl groups is 1. The minimum absolute atomic E-state index is 0.0678. The number of rotatable bonds is 5. The molecule has 2 unspecified atom stereocenters. The van der Waals surface area contributed by atoms with Crippen LogP contribution in [0.1, 0.15) is 55.2 Å². The van der Waals surface area contributed by atoms with E-state index in [0.717, 1.165) is 43.6 Å². The molecule has 0 bridgehead atoms. The molecule has 0 aliphatic carbocycles. The number of aliphatic hydroxyl groups excluding tert-OH is 1. The molecule has 1 saturated heterocycles. The van der Waals surface area contributed by atoms with Crippen LogP contribution in [0.15, 0.2) is 40.9 Å². The number of aryl methyl sites for hydroxylation is 1. The van der Waals surface area contributed by atoms with Gasteiger partial charge in [-0.05, 0) is 31.7 Å². The van der Waals surface area contributed by atoms with Crippen molar-refractivity contribution in [3.05, 3.63) is 53.4 Å². The molecule has 1 aliphatic heterocycles. The third kappa shape index (κ3) is 4.69. The van der Waals surface area contributed by atoms with Crippen LogP contribution in [-0.4, -0.2) is 33.7 Å². The second-order valence-electron chi connectivity index (χ2n) is 6.86. The first kappa shape index (κ1) is 17.7. The summed E-state index contributed by atoms with van der Waals surface area (Å²) in [6.07, 6.45) is 4.47. The number of hydrogen-bond acceptors (Lipinski definition) is 4. The maximum absolute atomic E-state index is 12.8. The summed E-state index contributed by atoms with van der Waals surface area (Å²) in [4.78, 5) is 14.8. The molecular weight excluding hydrogens is 316 g/mol. The normalized spacial score (nSPS) is 19.4. The van der Waals surface area contributed by atoms with E-state index >= 15 is 0 Å². The molecule has 5 nitrogen and oxygen atoms in total. The largest absolute Gasteiger partial charge is 0.388 e. The van der Waals surface area contributed by atoms with Crippen molar-refractivity contribution < 1.29 is 14.4 Å². The van der Waals surface area contributed by atoms with Crippen molar-refractivity contribution in [3.8, 4) is 0 Å². The Kier molecular flexibility index (Phi) is 5.87. The van der Waals surface area contributed by atoms with Crippen LogP contribution in [0, 0.1) is 6.92 Å². The third-order valence-corrected chi connectivity index (χ3v) is 4.89. The monoisotopic (exact) mass is 342 g/mol. The van der Waals surface area contributed by atoms with E-state index in [-0.39, 0.29) is 18.4 Å². The van der Waals surface area contributed by atoms with Gasteiger partial charge in [0.2, 0.25) is 5.91 Å². The zero-order valence-corrected chi connectivity index (χ0v) is 14.7. The van der Waals surface area contributed by atoms with Gasteiger partial charge >= 0.3 is 0 Å². The fraction of sp³-hybridized carbons (Fsp3) is 0.500. The second-order valence-corrected chi connectivity index (χ2v) is 6.86. The number of likely N-dealkylation sites (tertiary alicyclic amines) is 1. The number of amides is 1.